The minimum atomic E-state index is -4.61. The molecule has 0 heterocycles. The number of rotatable bonds is 1. The average molecular weight is 116 g/mol. The van der Waals surface area contributed by atoms with Crippen LogP contribution in [0.1, 0.15) is 0 Å². The van der Waals surface area contributed by atoms with Gasteiger partial charge in [-0.05, 0) is 0 Å². The molecular formula is C2H3F3O2. The van der Waals surface area contributed by atoms with Crippen LogP contribution in [0.5, 0.6) is 0 Å². The highest BCUT2D eigenvalue weighted by atomic mass is 19.3. The molecule has 0 spiro atoms. The topological polar surface area (TPSA) is 40.5 Å². The Kier molecular flexibility index (Phi) is 1.60. The van der Waals surface area contributed by atoms with Crippen LogP contribution in [0.2, 0.25) is 0 Å². The third kappa shape index (κ3) is 2.41. The van der Waals surface area contributed by atoms with Gasteiger partial charge in [0, 0.05) is 0 Å². The highest BCUT2D eigenvalue weighted by molar-refractivity contribution is 4.47. The molecule has 0 aliphatic heterocycles. The summed E-state index contributed by atoms with van der Waals surface area (Å²) in [5, 5.41) is 14.4. The number of aliphatic hydroxyl groups excluding tert-OH is 1. The number of aliphatic hydroxyl groups is 2. The van der Waals surface area contributed by atoms with Crippen LogP contribution in [0.25, 0.3) is 0 Å². The maximum Gasteiger partial charge on any atom is 0.409 e. The molecule has 0 bridgehead atoms. The van der Waals surface area contributed by atoms with Crippen molar-refractivity contribution in [2.45, 2.75) is 12.5 Å². The molecule has 1 atom stereocenters. The highest BCUT2D eigenvalue weighted by Crippen LogP contribution is 2.13. The van der Waals surface area contributed by atoms with E-state index in [1.165, 1.54) is 0 Å². The van der Waals surface area contributed by atoms with Gasteiger partial charge in [-0.15, -0.1) is 0 Å². The average Bonchev–Trinajstić information content (AvgIpc) is 1.31. The molecule has 0 aliphatic carbocycles. The summed E-state index contributed by atoms with van der Waals surface area (Å²) in [6.07, 6.45) is -8.09. The summed E-state index contributed by atoms with van der Waals surface area (Å²) in [6, 6.07) is 0. The third-order valence-corrected chi connectivity index (χ3v) is 0.287. The quantitative estimate of drug-likeness (QED) is 0.500. The first kappa shape index (κ1) is 6.71. The van der Waals surface area contributed by atoms with E-state index in [4.69, 9.17) is 10.2 Å². The molecule has 0 amide bonds. The van der Waals surface area contributed by atoms with Crippen molar-refractivity contribution in [2.75, 3.05) is 0 Å². The molecule has 0 aromatic carbocycles. The first-order chi connectivity index (χ1) is 2.94. The smallest absolute Gasteiger partial charge is 0.357 e. The molecule has 2 nitrogen and oxygen atoms in total. The zero-order valence-corrected chi connectivity index (χ0v) is 3.11. The molecular weight excluding hydrogens is 113 g/mol. The Morgan fingerprint density at radius 3 is 1.57 bits per heavy atom. The predicted molar refractivity (Wildman–Crippen MR) is 14.3 cm³/mol. The van der Waals surface area contributed by atoms with Gasteiger partial charge in [0.15, 0.2) is 0 Å². The lowest BCUT2D eigenvalue weighted by molar-refractivity contribution is -0.293. The first-order valence-electron chi connectivity index (χ1n) is 1.37. The van der Waals surface area contributed by atoms with Gasteiger partial charge in [0.25, 0.3) is 6.36 Å². The largest absolute Gasteiger partial charge is 0.409 e. The van der Waals surface area contributed by atoms with Gasteiger partial charge in [0.2, 0.25) is 0 Å². The second-order valence-corrected chi connectivity index (χ2v) is 0.924. The van der Waals surface area contributed by atoms with E-state index in [0.29, 0.717) is 0 Å². The van der Waals surface area contributed by atoms with Crippen LogP contribution in [0, 0.1) is 0 Å². The number of hydrogen-bond donors (Lipinski definition) is 2. The van der Waals surface area contributed by atoms with Gasteiger partial charge in [-0.3, -0.25) is 0 Å². The lowest BCUT2D eigenvalue weighted by atomic mass is 10.6. The third-order valence-electron chi connectivity index (χ3n) is 0.287. The maximum atomic E-state index is 10.8. The van der Waals surface area contributed by atoms with Crippen LogP contribution >= 0.6 is 0 Å². The molecule has 0 fully saturated rings. The SMILES string of the molecule is OC(F)C(O)(F)F. The summed E-state index contributed by atoms with van der Waals surface area (Å²) in [4.78, 5) is 0. The number of alkyl halides is 3. The molecule has 1 unspecified atom stereocenters. The molecule has 44 valence electrons. The van der Waals surface area contributed by atoms with E-state index in [-0.39, 0.29) is 0 Å². The van der Waals surface area contributed by atoms with Crippen molar-refractivity contribution in [1.29, 1.82) is 0 Å². The van der Waals surface area contributed by atoms with E-state index in [9.17, 15) is 13.2 Å². The predicted octanol–water partition coefficient (Wildman–Crippen LogP) is -0.141. The Bertz CT molecular complexity index is 56.4. The molecule has 5 heteroatoms. The van der Waals surface area contributed by atoms with Crippen LogP contribution in [-0.2, 0) is 0 Å². The van der Waals surface area contributed by atoms with Crippen LogP contribution < -0.4 is 0 Å². The maximum absolute atomic E-state index is 10.8. The van der Waals surface area contributed by atoms with Crippen LogP contribution in [0.3, 0.4) is 0 Å². The summed E-state index contributed by atoms with van der Waals surface area (Å²) in [5.41, 5.74) is 0. The zero-order valence-electron chi connectivity index (χ0n) is 3.11. The van der Waals surface area contributed by atoms with Gasteiger partial charge in [0.1, 0.15) is 0 Å². The van der Waals surface area contributed by atoms with E-state index in [2.05, 4.69) is 0 Å². The Morgan fingerprint density at radius 1 is 1.43 bits per heavy atom. The monoisotopic (exact) mass is 116 g/mol. The Balaban J connectivity index is 3.54. The van der Waals surface area contributed by atoms with Crippen molar-refractivity contribution in [1.82, 2.24) is 0 Å². The van der Waals surface area contributed by atoms with E-state index in [1.807, 2.05) is 0 Å². The molecule has 7 heavy (non-hydrogen) atoms. The van der Waals surface area contributed by atoms with Crippen molar-refractivity contribution in [2.24, 2.45) is 0 Å². The first-order valence-corrected chi connectivity index (χ1v) is 1.37. The van der Waals surface area contributed by atoms with Gasteiger partial charge in [-0.25, -0.2) is 4.39 Å². The fourth-order valence-electron chi connectivity index (χ4n) is 0. The second-order valence-electron chi connectivity index (χ2n) is 0.924. The molecule has 0 aromatic rings. The minimum Gasteiger partial charge on any atom is -0.357 e. The van der Waals surface area contributed by atoms with Gasteiger partial charge < -0.3 is 10.2 Å². The van der Waals surface area contributed by atoms with Crippen LogP contribution in [0.4, 0.5) is 13.2 Å². The van der Waals surface area contributed by atoms with Crippen LogP contribution in [-0.4, -0.2) is 22.7 Å². The van der Waals surface area contributed by atoms with Crippen molar-refractivity contribution in [3.05, 3.63) is 0 Å². The zero-order chi connectivity index (χ0) is 6.08. The van der Waals surface area contributed by atoms with Crippen molar-refractivity contribution in [3.8, 4) is 0 Å². The van der Waals surface area contributed by atoms with E-state index in [1.54, 1.807) is 0 Å². The van der Waals surface area contributed by atoms with Gasteiger partial charge >= 0.3 is 6.11 Å². The normalized spacial score (nSPS) is 16.7. The summed E-state index contributed by atoms with van der Waals surface area (Å²) in [7, 11) is 0. The molecule has 0 radical (unpaired) electrons. The molecule has 0 aliphatic rings. The molecule has 0 saturated heterocycles. The highest BCUT2D eigenvalue weighted by Gasteiger charge is 2.35. The van der Waals surface area contributed by atoms with E-state index in [0.717, 1.165) is 0 Å². The number of hydrogen-bond acceptors (Lipinski definition) is 2. The standard InChI is InChI=1S/C2H3F3O2/c3-1(6)2(4,5)7/h1,6-7H. The van der Waals surface area contributed by atoms with Gasteiger partial charge in [-0.1, -0.05) is 0 Å². The Hall–Kier alpha value is -0.290. The summed E-state index contributed by atoms with van der Waals surface area (Å²) < 4.78 is 32.3. The van der Waals surface area contributed by atoms with Gasteiger partial charge in [-0.2, -0.15) is 8.78 Å². The Labute approximate surface area is 37.2 Å². The Morgan fingerprint density at radius 2 is 1.57 bits per heavy atom. The summed E-state index contributed by atoms with van der Waals surface area (Å²) >= 11 is 0. The second kappa shape index (κ2) is 1.67. The molecule has 0 rings (SSSR count). The molecule has 0 saturated carbocycles. The fourth-order valence-corrected chi connectivity index (χ4v) is 0. The van der Waals surface area contributed by atoms with Crippen molar-refractivity contribution < 1.29 is 23.4 Å². The van der Waals surface area contributed by atoms with Crippen molar-refractivity contribution >= 4 is 0 Å². The minimum absolute atomic E-state index is 3.48. The summed E-state index contributed by atoms with van der Waals surface area (Å²) in [5.74, 6) is 0. The fraction of sp³-hybridized carbons (Fsp3) is 1.00. The van der Waals surface area contributed by atoms with Crippen LogP contribution in [0.15, 0.2) is 0 Å². The van der Waals surface area contributed by atoms with E-state index < -0.39 is 12.5 Å². The lowest BCUT2D eigenvalue weighted by Crippen LogP contribution is -2.28. The van der Waals surface area contributed by atoms with Gasteiger partial charge in [0.05, 0.1) is 0 Å². The number of halogens is 3. The lowest BCUT2D eigenvalue weighted by Gasteiger charge is -2.05. The molecule has 2 N–H and O–H groups in total. The molecule has 0 aromatic heterocycles. The summed E-state index contributed by atoms with van der Waals surface area (Å²) in [6.45, 7) is 0. The van der Waals surface area contributed by atoms with E-state index >= 15 is 0 Å². The van der Waals surface area contributed by atoms with Crippen molar-refractivity contribution in [3.63, 3.8) is 0 Å².